The molecule has 0 radical (unpaired) electrons. The molecular weight excluding hydrogens is 258 g/mol. The van der Waals surface area contributed by atoms with Crippen molar-refractivity contribution in [3.8, 4) is 0 Å². The quantitative estimate of drug-likeness (QED) is 0.879. The smallest absolute Gasteiger partial charge is 0.0709 e. The Hall–Kier alpha value is -1.35. The molecule has 3 nitrogen and oxygen atoms in total. The molecule has 1 aromatic carbocycles. The number of hydrogen-bond donors (Lipinski definition) is 1. The Morgan fingerprint density at radius 2 is 2.10 bits per heavy atom. The molecule has 21 heavy (non-hydrogen) atoms. The van der Waals surface area contributed by atoms with Crippen LogP contribution < -0.4 is 5.32 Å². The first-order valence-electron chi connectivity index (χ1n) is 8.47. The number of aryl methyl sites for hydroxylation is 1. The summed E-state index contributed by atoms with van der Waals surface area (Å²) < 4.78 is 2.16. The van der Waals surface area contributed by atoms with Gasteiger partial charge in [-0.05, 0) is 50.5 Å². The fourth-order valence-electron chi connectivity index (χ4n) is 3.66. The Bertz CT molecular complexity index is 635. The molecule has 2 aromatic rings. The third-order valence-corrected chi connectivity index (χ3v) is 5.33. The molecule has 4 rings (SSSR count). The fourth-order valence-corrected chi connectivity index (χ4v) is 3.66. The normalized spacial score (nSPS) is 20.6. The van der Waals surface area contributed by atoms with Gasteiger partial charge in [0, 0.05) is 24.5 Å². The summed E-state index contributed by atoms with van der Waals surface area (Å²) in [6.45, 7) is 4.32. The van der Waals surface area contributed by atoms with Crippen LogP contribution in [0.25, 0.3) is 10.9 Å². The predicted octanol–water partition coefficient (Wildman–Crippen LogP) is 3.52. The molecule has 0 amide bonds. The van der Waals surface area contributed by atoms with Crippen molar-refractivity contribution in [1.29, 1.82) is 0 Å². The molecule has 112 valence electrons. The zero-order chi connectivity index (χ0) is 14.3. The number of benzene rings is 1. The molecular formula is C18H25N3. The van der Waals surface area contributed by atoms with Gasteiger partial charge in [-0.25, -0.2) is 0 Å². The summed E-state index contributed by atoms with van der Waals surface area (Å²) in [5, 5.41) is 10.0. The van der Waals surface area contributed by atoms with Gasteiger partial charge < -0.3 is 5.32 Å². The standard InChI is InChI=1S/C18H25N3/c1-2-21-17-7-4-3-6-15(17)16(20-21)12-18(10-5-11-18)13-19-14-8-9-14/h3-4,6-7,14,19H,2,5,8-13H2,1H3. The van der Waals surface area contributed by atoms with Gasteiger partial charge >= 0.3 is 0 Å². The minimum atomic E-state index is 0.471. The zero-order valence-corrected chi connectivity index (χ0v) is 12.9. The minimum absolute atomic E-state index is 0.471. The monoisotopic (exact) mass is 283 g/mol. The van der Waals surface area contributed by atoms with Gasteiger partial charge in [0.1, 0.15) is 0 Å². The fraction of sp³-hybridized carbons (Fsp3) is 0.611. The van der Waals surface area contributed by atoms with Crippen molar-refractivity contribution < 1.29 is 0 Å². The first-order chi connectivity index (χ1) is 10.3. The van der Waals surface area contributed by atoms with Crippen LogP contribution in [-0.4, -0.2) is 22.4 Å². The Morgan fingerprint density at radius 3 is 2.76 bits per heavy atom. The van der Waals surface area contributed by atoms with E-state index in [1.807, 2.05) is 0 Å². The van der Waals surface area contributed by atoms with E-state index in [0.29, 0.717) is 5.41 Å². The van der Waals surface area contributed by atoms with E-state index in [2.05, 4.69) is 41.2 Å². The van der Waals surface area contributed by atoms with Gasteiger partial charge in [-0.15, -0.1) is 0 Å². The van der Waals surface area contributed by atoms with Crippen LogP contribution in [0, 0.1) is 5.41 Å². The van der Waals surface area contributed by atoms with E-state index in [-0.39, 0.29) is 0 Å². The second kappa shape index (κ2) is 5.13. The van der Waals surface area contributed by atoms with Crippen molar-refractivity contribution in [3.63, 3.8) is 0 Å². The SMILES string of the molecule is CCn1nc(CC2(CNC3CC3)CCC2)c2ccccc21. The number of rotatable bonds is 6. The summed E-state index contributed by atoms with van der Waals surface area (Å²) in [6.07, 6.45) is 8.01. The van der Waals surface area contributed by atoms with Crippen molar-refractivity contribution >= 4 is 10.9 Å². The van der Waals surface area contributed by atoms with Crippen molar-refractivity contribution in [2.75, 3.05) is 6.54 Å². The van der Waals surface area contributed by atoms with Gasteiger partial charge in [-0.3, -0.25) is 4.68 Å². The van der Waals surface area contributed by atoms with Gasteiger partial charge in [-0.2, -0.15) is 5.10 Å². The number of para-hydroxylation sites is 1. The van der Waals surface area contributed by atoms with Gasteiger partial charge in [-0.1, -0.05) is 24.6 Å². The van der Waals surface area contributed by atoms with Crippen LogP contribution in [0.15, 0.2) is 24.3 Å². The lowest BCUT2D eigenvalue weighted by Crippen LogP contribution is -2.42. The lowest BCUT2D eigenvalue weighted by Gasteiger charge is -2.42. The van der Waals surface area contributed by atoms with Crippen molar-refractivity contribution in [2.45, 2.75) is 58.0 Å². The molecule has 0 bridgehead atoms. The molecule has 1 N–H and O–H groups in total. The average Bonchev–Trinajstić information content (AvgIpc) is 3.24. The van der Waals surface area contributed by atoms with Crippen molar-refractivity contribution in [2.24, 2.45) is 5.41 Å². The van der Waals surface area contributed by atoms with Crippen LogP contribution in [0.1, 0.15) is 44.7 Å². The van der Waals surface area contributed by atoms with Crippen LogP contribution in [-0.2, 0) is 13.0 Å². The van der Waals surface area contributed by atoms with Crippen LogP contribution >= 0.6 is 0 Å². The number of aromatic nitrogens is 2. The van der Waals surface area contributed by atoms with Crippen LogP contribution in [0.2, 0.25) is 0 Å². The lowest BCUT2D eigenvalue weighted by atomic mass is 9.66. The van der Waals surface area contributed by atoms with Gasteiger partial charge in [0.15, 0.2) is 0 Å². The van der Waals surface area contributed by atoms with E-state index in [1.165, 1.54) is 55.2 Å². The van der Waals surface area contributed by atoms with E-state index in [1.54, 1.807) is 0 Å². The maximum atomic E-state index is 4.91. The molecule has 0 unspecified atom stereocenters. The van der Waals surface area contributed by atoms with Gasteiger partial charge in [0.2, 0.25) is 0 Å². The maximum absolute atomic E-state index is 4.91. The molecule has 1 heterocycles. The predicted molar refractivity (Wildman–Crippen MR) is 86.4 cm³/mol. The van der Waals surface area contributed by atoms with Crippen molar-refractivity contribution in [1.82, 2.24) is 15.1 Å². The van der Waals surface area contributed by atoms with E-state index in [0.717, 1.165) is 19.0 Å². The Morgan fingerprint density at radius 1 is 1.29 bits per heavy atom. The molecule has 0 spiro atoms. The van der Waals surface area contributed by atoms with Gasteiger partial charge in [0.25, 0.3) is 0 Å². The largest absolute Gasteiger partial charge is 0.313 e. The molecule has 0 aliphatic heterocycles. The van der Waals surface area contributed by atoms with E-state index in [9.17, 15) is 0 Å². The minimum Gasteiger partial charge on any atom is -0.313 e. The maximum Gasteiger partial charge on any atom is 0.0709 e. The highest BCUT2D eigenvalue weighted by Gasteiger charge is 2.39. The number of fused-ring (bicyclic) bond motifs is 1. The van der Waals surface area contributed by atoms with E-state index in [4.69, 9.17) is 5.10 Å². The van der Waals surface area contributed by atoms with E-state index >= 15 is 0 Å². The summed E-state index contributed by atoms with van der Waals surface area (Å²) in [7, 11) is 0. The third-order valence-electron chi connectivity index (χ3n) is 5.33. The molecule has 0 saturated heterocycles. The molecule has 2 fully saturated rings. The average molecular weight is 283 g/mol. The van der Waals surface area contributed by atoms with Crippen molar-refractivity contribution in [3.05, 3.63) is 30.0 Å². The highest BCUT2D eigenvalue weighted by molar-refractivity contribution is 5.82. The zero-order valence-electron chi connectivity index (χ0n) is 12.9. The Labute approximate surface area is 126 Å². The van der Waals surface area contributed by atoms with Gasteiger partial charge in [0.05, 0.1) is 11.2 Å². The number of hydrogen-bond acceptors (Lipinski definition) is 2. The lowest BCUT2D eigenvalue weighted by molar-refractivity contribution is 0.128. The van der Waals surface area contributed by atoms with Crippen LogP contribution in [0.3, 0.4) is 0 Å². The Kier molecular flexibility index (Phi) is 3.26. The van der Waals surface area contributed by atoms with Crippen LogP contribution in [0.5, 0.6) is 0 Å². The first kappa shape index (κ1) is 13.3. The molecule has 1 aromatic heterocycles. The second-order valence-electron chi connectivity index (χ2n) is 6.97. The summed E-state index contributed by atoms with van der Waals surface area (Å²) in [4.78, 5) is 0. The second-order valence-corrected chi connectivity index (χ2v) is 6.97. The number of nitrogens with one attached hydrogen (secondary N) is 1. The molecule has 2 aliphatic carbocycles. The van der Waals surface area contributed by atoms with E-state index < -0.39 is 0 Å². The topological polar surface area (TPSA) is 29.9 Å². The highest BCUT2D eigenvalue weighted by Crippen LogP contribution is 2.44. The van der Waals surface area contributed by atoms with Crippen LogP contribution in [0.4, 0.5) is 0 Å². The molecule has 3 heteroatoms. The molecule has 2 saturated carbocycles. The summed E-state index contributed by atoms with van der Waals surface area (Å²) >= 11 is 0. The summed E-state index contributed by atoms with van der Waals surface area (Å²) in [5.41, 5.74) is 3.07. The highest BCUT2D eigenvalue weighted by atomic mass is 15.3. The molecule has 0 atom stereocenters. The number of nitrogens with zero attached hydrogens (tertiary/aromatic N) is 2. The Balaban J connectivity index is 1.60. The third kappa shape index (κ3) is 2.48. The first-order valence-corrected chi connectivity index (χ1v) is 8.47. The molecule has 2 aliphatic rings. The summed E-state index contributed by atoms with van der Waals surface area (Å²) in [5.74, 6) is 0. The summed E-state index contributed by atoms with van der Waals surface area (Å²) in [6, 6.07) is 9.51.